The highest BCUT2D eigenvalue weighted by molar-refractivity contribution is 7.99. The van der Waals surface area contributed by atoms with Crippen molar-refractivity contribution in [3.63, 3.8) is 0 Å². The third kappa shape index (κ3) is 2.10. The topological polar surface area (TPSA) is 46.5 Å². The molecule has 0 bridgehead atoms. The van der Waals surface area contributed by atoms with Gasteiger partial charge in [-0.25, -0.2) is 0 Å². The molecule has 0 amide bonds. The van der Waals surface area contributed by atoms with Crippen molar-refractivity contribution >= 4 is 17.7 Å². The molecule has 4 heteroatoms. The van der Waals surface area contributed by atoms with Gasteiger partial charge in [0.2, 0.25) is 0 Å². The van der Waals surface area contributed by atoms with E-state index < -0.39 is 5.97 Å². The smallest absolute Gasteiger partial charge is 0.309 e. The number of thioether (sulfide) groups is 1. The predicted octanol–water partition coefficient (Wildman–Crippen LogP) is 0.839. The van der Waals surface area contributed by atoms with Crippen molar-refractivity contribution in [1.82, 2.24) is 0 Å². The van der Waals surface area contributed by atoms with Gasteiger partial charge in [0.15, 0.2) is 0 Å². The van der Waals surface area contributed by atoms with Crippen LogP contribution in [0.5, 0.6) is 0 Å². The van der Waals surface area contributed by atoms with Crippen molar-refractivity contribution in [2.75, 3.05) is 18.6 Å². The largest absolute Gasteiger partial charge is 0.481 e. The van der Waals surface area contributed by atoms with E-state index >= 15 is 0 Å². The zero-order valence-corrected chi connectivity index (χ0v) is 7.26. The molecule has 0 aromatic rings. The van der Waals surface area contributed by atoms with Crippen molar-refractivity contribution in [2.24, 2.45) is 5.92 Å². The quantitative estimate of drug-likeness (QED) is 0.677. The van der Waals surface area contributed by atoms with E-state index in [4.69, 9.17) is 9.84 Å². The maximum Gasteiger partial charge on any atom is 0.309 e. The Kier molecular flexibility index (Phi) is 3.20. The molecule has 0 radical (unpaired) electrons. The monoisotopic (exact) mass is 176 g/mol. The van der Waals surface area contributed by atoms with E-state index in [1.165, 1.54) is 0 Å². The molecule has 0 spiro atoms. The molecule has 1 aliphatic rings. The highest BCUT2D eigenvalue weighted by Crippen LogP contribution is 2.25. The number of aliphatic carboxylic acids is 1. The highest BCUT2D eigenvalue weighted by Gasteiger charge is 2.30. The molecule has 1 N–H and O–H groups in total. The minimum absolute atomic E-state index is 0.0914. The van der Waals surface area contributed by atoms with Gasteiger partial charge in [0.25, 0.3) is 0 Å². The zero-order chi connectivity index (χ0) is 8.27. The van der Waals surface area contributed by atoms with Gasteiger partial charge in [-0.05, 0) is 12.2 Å². The third-order valence-electron chi connectivity index (χ3n) is 1.92. The van der Waals surface area contributed by atoms with Crippen LogP contribution in [0.2, 0.25) is 0 Å². The summed E-state index contributed by atoms with van der Waals surface area (Å²) in [5, 5.41) is 8.75. The molecule has 1 rings (SSSR count). The molecule has 0 aromatic carbocycles. The second-order valence-corrected chi connectivity index (χ2v) is 3.73. The van der Waals surface area contributed by atoms with Gasteiger partial charge >= 0.3 is 5.97 Å². The van der Waals surface area contributed by atoms with Crippen LogP contribution in [0, 0.1) is 5.92 Å². The second kappa shape index (κ2) is 3.97. The molecule has 64 valence electrons. The summed E-state index contributed by atoms with van der Waals surface area (Å²) in [4.78, 5) is 10.6. The number of rotatable bonds is 2. The first-order valence-corrected chi connectivity index (χ1v) is 4.74. The molecule has 1 fully saturated rings. The summed E-state index contributed by atoms with van der Waals surface area (Å²) in [5.74, 6) is 0.739. The van der Waals surface area contributed by atoms with E-state index in [9.17, 15) is 4.79 Å². The van der Waals surface area contributed by atoms with Crippen molar-refractivity contribution in [3.05, 3.63) is 0 Å². The van der Waals surface area contributed by atoms with Crippen LogP contribution in [0.1, 0.15) is 6.42 Å². The average molecular weight is 176 g/mol. The van der Waals surface area contributed by atoms with Gasteiger partial charge in [-0.1, -0.05) is 0 Å². The van der Waals surface area contributed by atoms with Crippen molar-refractivity contribution in [1.29, 1.82) is 0 Å². The number of methoxy groups -OCH3 is 1. The molecule has 1 saturated heterocycles. The first-order chi connectivity index (χ1) is 5.25. The van der Waals surface area contributed by atoms with E-state index in [0.29, 0.717) is 0 Å². The van der Waals surface area contributed by atoms with Crippen LogP contribution in [-0.4, -0.2) is 35.8 Å². The van der Waals surface area contributed by atoms with E-state index in [1.54, 1.807) is 18.9 Å². The number of carboxylic acids is 1. The Morgan fingerprint density at radius 3 is 2.91 bits per heavy atom. The molecule has 3 nitrogen and oxygen atoms in total. The van der Waals surface area contributed by atoms with E-state index in [1.807, 2.05) is 0 Å². The summed E-state index contributed by atoms with van der Waals surface area (Å²) in [6.45, 7) is 0. The summed E-state index contributed by atoms with van der Waals surface area (Å²) in [5.41, 5.74) is 0. The minimum atomic E-state index is -0.725. The fraction of sp³-hybridized carbons (Fsp3) is 0.857. The van der Waals surface area contributed by atoms with Gasteiger partial charge in [0.05, 0.1) is 12.0 Å². The molecular formula is C7H12O3S. The number of hydrogen-bond donors (Lipinski definition) is 1. The number of hydrogen-bond acceptors (Lipinski definition) is 3. The maximum atomic E-state index is 10.6. The fourth-order valence-electron chi connectivity index (χ4n) is 1.23. The lowest BCUT2D eigenvalue weighted by Gasteiger charge is -2.26. The summed E-state index contributed by atoms with van der Waals surface area (Å²) >= 11 is 1.76. The third-order valence-corrected chi connectivity index (χ3v) is 3.01. The van der Waals surface area contributed by atoms with Gasteiger partial charge in [-0.3, -0.25) is 4.79 Å². The van der Waals surface area contributed by atoms with Crippen LogP contribution in [0.3, 0.4) is 0 Å². The summed E-state index contributed by atoms with van der Waals surface area (Å²) in [7, 11) is 1.58. The molecule has 1 aliphatic heterocycles. The van der Waals surface area contributed by atoms with Gasteiger partial charge in [0.1, 0.15) is 0 Å². The van der Waals surface area contributed by atoms with Gasteiger partial charge < -0.3 is 9.84 Å². The normalized spacial score (nSPS) is 31.7. The molecule has 0 aliphatic carbocycles. The van der Waals surface area contributed by atoms with Crippen LogP contribution < -0.4 is 0 Å². The molecular weight excluding hydrogens is 164 g/mol. The van der Waals surface area contributed by atoms with Crippen molar-refractivity contribution < 1.29 is 14.6 Å². The number of ether oxygens (including phenoxy) is 1. The zero-order valence-electron chi connectivity index (χ0n) is 6.45. The molecule has 2 unspecified atom stereocenters. The lowest BCUT2D eigenvalue weighted by Crippen LogP contribution is -2.35. The van der Waals surface area contributed by atoms with E-state index in [0.717, 1.165) is 17.9 Å². The second-order valence-electron chi connectivity index (χ2n) is 2.58. The Labute approximate surface area is 70.1 Å². The lowest BCUT2D eigenvalue weighted by atomic mass is 10.0. The summed E-state index contributed by atoms with van der Waals surface area (Å²) in [6.07, 6.45) is 0.643. The SMILES string of the molecule is COC1CSCCC1C(=O)O. The number of carboxylic acid groups (broad SMARTS) is 1. The highest BCUT2D eigenvalue weighted by atomic mass is 32.2. The maximum absolute atomic E-state index is 10.6. The Morgan fingerprint density at radius 2 is 2.45 bits per heavy atom. The van der Waals surface area contributed by atoms with Crippen LogP contribution >= 0.6 is 11.8 Å². The van der Waals surface area contributed by atoms with E-state index in [2.05, 4.69) is 0 Å². The molecule has 0 saturated carbocycles. The summed E-state index contributed by atoms with van der Waals surface area (Å²) in [6, 6.07) is 0. The Hall–Kier alpha value is -0.220. The van der Waals surface area contributed by atoms with Crippen LogP contribution in [0.4, 0.5) is 0 Å². The van der Waals surface area contributed by atoms with Gasteiger partial charge in [-0.2, -0.15) is 11.8 Å². The standard InChI is InChI=1S/C7H12O3S/c1-10-6-4-11-3-2-5(6)7(8)9/h5-6H,2-4H2,1H3,(H,8,9). The molecule has 11 heavy (non-hydrogen) atoms. The Bertz CT molecular complexity index is 149. The first-order valence-electron chi connectivity index (χ1n) is 3.59. The molecule has 1 heterocycles. The fourth-order valence-corrected chi connectivity index (χ4v) is 2.41. The number of carbonyl (C=O) groups is 1. The predicted molar refractivity (Wildman–Crippen MR) is 43.9 cm³/mol. The van der Waals surface area contributed by atoms with Crippen LogP contribution in [-0.2, 0) is 9.53 Å². The van der Waals surface area contributed by atoms with E-state index in [-0.39, 0.29) is 12.0 Å². The van der Waals surface area contributed by atoms with Crippen molar-refractivity contribution in [2.45, 2.75) is 12.5 Å². The average Bonchev–Trinajstić information content (AvgIpc) is 2.04. The van der Waals surface area contributed by atoms with Gasteiger partial charge in [-0.15, -0.1) is 0 Å². The lowest BCUT2D eigenvalue weighted by molar-refractivity contribution is -0.146. The van der Waals surface area contributed by atoms with Crippen molar-refractivity contribution in [3.8, 4) is 0 Å². The molecule has 0 aromatic heterocycles. The summed E-state index contributed by atoms with van der Waals surface area (Å²) < 4.78 is 5.06. The molecule has 2 atom stereocenters. The minimum Gasteiger partial charge on any atom is -0.481 e. The van der Waals surface area contributed by atoms with Crippen LogP contribution in [0.25, 0.3) is 0 Å². The first kappa shape index (κ1) is 8.87. The Balaban J connectivity index is 2.51. The van der Waals surface area contributed by atoms with Crippen LogP contribution in [0.15, 0.2) is 0 Å². The van der Waals surface area contributed by atoms with Gasteiger partial charge in [0, 0.05) is 12.9 Å². The Morgan fingerprint density at radius 1 is 1.73 bits per heavy atom.